The van der Waals surface area contributed by atoms with Crippen molar-refractivity contribution in [3.8, 4) is 23.1 Å². The van der Waals surface area contributed by atoms with Crippen molar-refractivity contribution in [2.75, 3.05) is 0 Å². The lowest BCUT2D eigenvalue weighted by atomic mass is 10.2. The van der Waals surface area contributed by atoms with Crippen LogP contribution < -0.4 is 4.74 Å². The molecular weight excluding hydrogens is 344 g/mol. The van der Waals surface area contributed by atoms with Gasteiger partial charge >= 0.3 is 0 Å². The molecule has 8 heteroatoms. The van der Waals surface area contributed by atoms with Gasteiger partial charge in [0, 0.05) is 17.8 Å². The van der Waals surface area contributed by atoms with E-state index in [1.165, 1.54) is 0 Å². The van der Waals surface area contributed by atoms with Gasteiger partial charge in [-0.2, -0.15) is 5.10 Å². The van der Waals surface area contributed by atoms with E-state index in [2.05, 4.69) is 25.1 Å². The average molecular weight is 364 g/mol. The summed E-state index contributed by atoms with van der Waals surface area (Å²) in [6.07, 6.45) is 4.48. The van der Waals surface area contributed by atoms with Crippen LogP contribution in [0, 0.1) is 0 Å². The SMILES string of the molecule is CC(C)Oc1ccc2[nH]nc(-c3nccc(-n4cnc(C(C)O)c4)n3)c2c1. The highest BCUT2D eigenvalue weighted by molar-refractivity contribution is 5.92. The van der Waals surface area contributed by atoms with Crippen LogP contribution in [0.25, 0.3) is 28.2 Å². The molecule has 4 aromatic rings. The van der Waals surface area contributed by atoms with Crippen molar-refractivity contribution in [2.24, 2.45) is 0 Å². The molecular formula is C19H20N6O2. The van der Waals surface area contributed by atoms with Gasteiger partial charge in [-0.15, -0.1) is 0 Å². The summed E-state index contributed by atoms with van der Waals surface area (Å²) in [5.41, 5.74) is 2.11. The minimum Gasteiger partial charge on any atom is -0.491 e. The van der Waals surface area contributed by atoms with Gasteiger partial charge in [0.2, 0.25) is 0 Å². The summed E-state index contributed by atoms with van der Waals surface area (Å²) in [5.74, 6) is 1.91. The number of aliphatic hydroxyl groups is 1. The van der Waals surface area contributed by atoms with Crippen molar-refractivity contribution >= 4 is 10.9 Å². The Labute approximate surface area is 155 Å². The van der Waals surface area contributed by atoms with Gasteiger partial charge in [0.05, 0.1) is 23.4 Å². The van der Waals surface area contributed by atoms with Gasteiger partial charge in [0.25, 0.3) is 0 Å². The summed E-state index contributed by atoms with van der Waals surface area (Å²) < 4.78 is 7.53. The summed E-state index contributed by atoms with van der Waals surface area (Å²) in [7, 11) is 0. The Balaban J connectivity index is 1.75. The molecule has 0 fully saturated rings. The molecule has 0 saturated carbocycles. The molecule has 2 N–H and O–H groups in total. The van der Waals surface area contributed by atoms with Crippen LogP contribution >= 0.6 is 0 Å². The maximum atomic E-state index is 9.66. The molecule has 0 spiro atoms. The lowest BCUT2D eigenvalue weighted by Crippen LogP contribution is -2.05. The van der Waals surface area contributed by atoms with Crippen LogP contribution in [0.4, 0.5) is 0 Å². The molecule has 1 aromatic carbocycles. The van der Waals surface area contributed by atoms with Gasteiger partial charge in [0.15, 0.2) is 5.82 Å². The number of aromatic amines is 1. The number of hydrogen-bond donors (Lipinski definition) is 2. The first-order valence-corrected chi connectivity index (χ1v) is 8.72. The lowest BCUT2D eigenvalue weighted by Gasteiger charge is -2.09. The molecule has 8 nitrogen and oxygen atoms in total. The van der Waals surface area contributed by atoms with Crippen LogP contribution in [0.5, 0.6) is 5.75 Å². The average Bonchev–Trinajstić information content (AvgIpc) is 3.28. The number of hydrogen-bond acceptors (Lipinski definition) is 6. The maximum Gasteiger partial charge on any atom is 0.182 e. The minimum atomic E-state index is -0.637. The number of imidazole rings is 1. The molecule has 0 aliphatic rings. The van der Waals surface area contributed by atoms with Gasteiger partial charge < -0.3 is 9.84 Å². The third kappa shape index (κ3) is 3.39. The van der Waals surface area contributed by atoms with E-state index in [9.17, 15) is 5.11 Å². The van der Waals surface area contributed by atoms with Crippen molar-refractivity contribution in [1.82, 2.24) is 29.7 Å². The summed E-state index contributed by atoms with van der Waals surface area (Å²) in [6, 6.07) is 7.55. The van der Waals surface area contributed by atoms with Crippen LogP contribution in [0.2, 0.25) is 0 Å². The van der Waals surface area contributed by atoms with E-state index in [1.54, 1.807) is 36.3 Å². The number of aliphatic hydroxyl groups excluding tert-OH is 1. The Morgan fingerprint density at radius 3 is 2.74 bits per heavy atom. The van der Waals surface area contributed by atoms with E-state index in [-0.39, 0.29) is 6.10 Å². The number of nitrogens with one attached hydrogen (secondary N) is 1. The van der Waals surface area contributed by atoms with Crippen molar-refractivity contribution in [2.45, 2.75) is 33.0 Å². The van der Waals surface area contributed by atoms with Crippen LogP contribution in [0.3, 0.4) is 0 Å². The van der Waals surface area contributed by atoms with Crippen LogP contribution in [0.15, 0.2) is 43.0 Å². The highest BCUT2D eigenvalue weighted by atomic mass is 16.5. The standard InChI is InChI=1S/C19H20N6O2/c1-11(2)27-13-4-5-15-14(8-13)18(24-23-15)19-20-7-6-17(22-19)25-9-16(12(3)26)21-10-25/h4-12,26H,1-3H3,(H,23,24). The van der Waals surface area contributed by atoms with Gasteiger partial charge in [0.1, 0.15) is 23.6 Å². The minimum absolute atomic E-state index is 0.0849. The number of aromatic nitrogens is 6. The summed E-state index contributed by atoms with van der Waals surface area (Å²) in [6.45, 7) is 5.64. The number of benzene rings is 1. The quantitative estimate of drug-likeness (QED) is 0.564. The third-order valence-corrected chi connectivity index (χ3v) is 4.05. The summed E-state index contributed by atoms with van der Waals surface area (Å²) >= 11 is 0. The summed E-state index contributed by atoms with van der Waals surface area (Å²) in [5, 5.41) is 17.9. The van der Waals surface area contributed by atoms with E-state index in [0.717, 1.165) is 16.7 Å². The molecule has 138 valence electrons. The van der Waals surface area contributed by atoms with Crippen LogP contribution in [-0.4, -0.2) is 40.9 Å². The molecule has 3 heterocycles. The van der Waals surface area contributed by atoms with Crippen LogP contribution in [0.1, 0.15) is 32.6 Å². The predicted molar refractivity (Wildman–Crippen MR) is 101 cm³/mol. The molecule has 0 radical (unpaired) electrons. The first-order chi connectivity index (χ1) is 13.0. The zero-order valence-corrected chi connectivity index (χ0v) is 15.3. The molecule has 4 rings (SSSR count). The van der Waals surface area contributed by atoms with E-state index in [4.69, 9.17) is 4.74 Å². The third-order valence-electron chi connectivity index (χ3n) is 4.05. The highest BCUT2D eigenvalue weighted by Gasteiger charge is 2.14. The van der Waals surface area contributed by atoms with Gasteiger partial charge in [-0.05, 0) is 45.0 Å². The molecule has 27 heavy (non-hydrogen) atoms. The Kier molecular flexibility index (Phi) is 4.33. The molecule has 3 aromatic heterocycles. The number of H-pyrrole nitrogens is 1. The molecule has 0 bridgehead atoms. The van der Waals surface area contributed by atoms with Gasteiger partial charge in [-0.25, -0.2) is 15.0 Å². The second-order valence-electron chi connectivity index (χ2n) is 6.57. The van der Waals surface area contributed by atoms with E-state index in [0.29, 0.717) is 23.0 Å². The predicted octanol–water partition coefficient (Wildman–Crippen LogP) is 3.05. The molecule has 0 aliphatic carbocycles. The van der Waals surface area contributed by atoms with Crippen molar-refractivity contribution in [1.29, 1.82) is 0 Å². The van der Waals surface area contributed by atoms with Crippen molar-refractivity contribution in [3.05, 3.63) is 48.7 Å². The molecule has 0 amide bonds. The Hall–Kier alpha value is -3.26. The number of nitrogens with zero attached hydrogens (tertiary/aromatic N) is 5. The Bertz CT molecular complexity index is 1080. The zero-order valence-electron chi connectivity index (χ0n) is 15.3. The first-order valence-electron chi connectivity index (χ1n) is 8.72. The van der Waals surface area contributed by atoms with E-state index in [1.807, 2.05) is 32.0 Å². The second-order valence-corrected chi connectivity index (χ2v) is 6.57. The van der Waals surface area contributed by atoms with E-state index < -0.39 is 6.10 Å². The molecule has 0 aliphatic heterocycles. The number of fused-ring (bicyclic) bond motifs is 1. The zero-order chi connectivity index (χ0) is 19.0. The fraction of sp³-hybridized carbons (Fsp3) is 0.263. The largest absolute Gasteiger partial charge is 0.491 e. The summed E-state index contributed by atoms with van der Waals surface area (Å²) in [4.78, 5) is 13.2. The molecule has 0 saturated heterocycles. The molecule has 1 atom stereocenters. The first kappa shape index (κ1) is 17.2. The maximum absolute atomic E-state index is 9.66. The van der Waals surface area contributed by atoms with Crippen molar-refractivity contribution < 1.29 is 9.84 Å². The Morgan fingerprint density at radius 1 is 1.15 bits per heavy atom. The normalized spacial score (nSPS) is 12.6. The monoisotopic (exact) mass is 364 g/mol. The topological polar surface area (TPSA) is 102 Å². The van der Waals surface area contributed by atoms with Gasteiger partial charge in [-0.1, -0.05) is 0 Å². The van der Waals surface area contributed by atoms with Crippen LogP contribution in [-0.2, 0) is 0 Å². The van der Waals surface area contributed by atoms with Crippen molar-refractivity contribution in [3.63, 3.8) is 0 Å². The number of ether oxygens (including phenoxy) is 1. The Morgan fingerprint density at radius 2 is 2.00 bits per heavy atom. The lowest BCUT2D eigenvalue weighted by molar-refractivity contribution is 0.195. The van der Waals surface area contributed by atoms with E-state index >= 15 is 0 Å². The highest BCUT2D eigenvalue weighted by Crippen LogP contribution is 2.28. The smallest absolute Gasteiger partial charge is 0.182 e. The molecule has 1 unspecified atom stereocenters. The fourth-order valence-corrected chi connectivity index (χ4v) is 2.80. The fourth-order valence-electron chi connectivity index (χ4n) is 2.80. The van der Waals surface area contributed by atoms with Gasteiger partial charge in [-0.3, -0.25) is 9.67 Å². The number of rotatable bonds is 5. The second kappa shape index (κ2) is 6.81.